The van der Waals surface area contributed by atoms with Crippen LogP contribution in [0.5, 0.6) is 0 Å². The van der Waals surface area contributed by atoms with Crippen LogP contribution in [0.4, 0.5) is 0 Å². The summed E-state index contributed by atoms with van der Waals surface area (Å²) in [5.74, 6) is 1.89. The zero-order valence-electron chi connectivity index (χ0n) is 10.6. The predicted octanol–water partition coefficient (Wildman–Crippen LogP) is 0.970. The molecule has 100 valence electrons. The fourth-order valence-corrected chi connectivity index (χ4v) is 5.19. The highest BCUT2D eigenvalue weighted by molar-refractivity contribution is 7.89. The first kappa shape index (κ1) is 13.3. The quantitative estimate of drug-likeness (QED) is 0.775. The van der Waals surface area contributed by atoms with Gasteiger partial charge in [0.1, 0.15) is 0 Å². The number of hydrogen-bond acceptors (Lipinski definition) is 3. The van der Waals surface area contributed by atoms with Crippen LogP contribution in [0.15, 0.2) is 0 Å². The second-order valence-corrected chi connectivity index (χ2v) is 7.95. The maximum Gasteiger partial charge on any atom is 0.211 e. The van der Waals surface area contributed by atoms with Crippen LogP contribution in [0.25, 0.3) is 0 Å². The van der Waals surface area contributed by atoms with E-state index in [4.69, 9.17) is 5.11 Å². The molecule has 0 radical (unpaired) electrons. The molecule has 0 aromatic carbocycles. The van der Waals surface area contributed by atoms with Gasteiger partial charge in [0, 0.05) is 6.54 Å². The van der Waals surface area contributed by atoms with Gasteiger partial charge in [-0.25, -0.2) is 13.1 Å². The van der Waals surface area contributed by atoms with E-state index >= 15 is 0 Å². The van der Waals surface area contributed by atoms with E-state index in [1.165, 1.54) is 12.8 Å². The molecule has 0 aromatic heterocycles. The third-order valence-electron chi connectivity index (χ3n) is 4.87. The average Bonchev–Trinajstić information content (AvgIpc) is 2.25. The van der Waals surface area contributed by atoms with Crippen molar-refractivity contribution in [1.82, 2.24) is 4.72 Å². The van der Waals surface area contributed by atoms with Crippen LogP contribution in [-0.4, -0.2) is 32.4 Å². The Balaban J connectivity index is 1.95. The normalized spacial score (nSPS) is 35.4. The second-order valence-electron chi connectivity index (χ2n) is 6.10. The Morgan fingerprint density at radius 2 is 2.06 bits per heavy atom. The summed E-state index contributed by atoms with van der Waals surface area (Å²) in [6.07, 6.45) is 3.41. The average molecular weight is 261 g/mol. The summed E-state index contributed by atoms with van der Waals surface area (Å²) >= 11 is 0. The van der Waals surface area contributed by atoms with Gasteiger partial charge < -0.3 is 5.11 Å². The molecule has 5 heteroatoms. The lowest BCUT2D eigenvalue weighted by atomic mass is 9.46. The highest BCUT2D eigenvalue weighted by Crippen LogP contribution is 2.61. The van der Waals surface area contributed by atoms with E-state index in [-0.39, 0.29) is 18.9 Å². The Bertz CT molecular complexity index is 375. The van der Waals surface area contributed by atoms with Gasteiger partial charge in [-0.05, 0) is 42.4 Å². The molecule has 4 nitrogen and oxygen atoms in total. The van der Waals surface area contributed by atoms with E-state index in [9.17, 15) is 8.42 Å². The van der Waals surface area contributed by atoms with Gasteiger partial charge in [-0.2, -0.15) is 0 Å². The maximum atomic E-state index is 11.8. The monoisotopic (exact) mass is 261 g/mol. The van der Waals surface area contributed by atoms with E-state index in [0.717, 1.165) is 12.3 Å². The molecule has 3 atom stereocenters. The van der Waals surface area contributed by atoms with Crippen molar-refractivity contribution in [2.45, 2.75) is 33.1 Å². The van der Waals surface area contributed by atoms with Crippen LogP contribution in [0, 0.1) is 23.2 Å². The summed E-state index contributed by atoms with van der Waals surface area (Å²) in [5, 5.41) is 8.65. The molecule has 0 heterocycles. The van der Waals surface area contributed by atoms with Crippen LogP contribution < -0.4 is 4.72 Å². The fraction of sp³-hybridized carbons (Fsp3) is 1.00. The Hall–Kier alpha value is -0.130. The summed E-state index contributed by atoms with van der Waals surface area (Å²) in [7, 11) is -3.21. The van der Waals surface area contributed by atoms with Crippen LogP contribution >= 0.6 is 0 Å². The van der Waals surface area contributed by atoms with Crippen LogP contribution in [0.2, 0.25) is 0 Å². The minimum absolute atomic E-state index is 0.131. The highest BCUT2D eigenvalue weighted by Gasteiger charge is 2.54. The molecule has 2 N–H and O–H groups in total. The standard InChI is InChI=1S/C12H23NO3S/c1-12(2)10-4-3-9(11(12)7-10)8-17(15,16)13-5-6-14/h9-11,13-14H,3-8H2,1-2H3/t9-,10-,11-/m0/s1. The summed E-state index contributed by atoms with van der Waals surface area (Å²) in [5.41, 5.74) is 0.329. The minimum atomic E-state index is -3.21. The zero-order valence-corrected chi connectivity index (χ0v) is 11.5. The molecule has 0 aromatic rings. The molecule has 17 heavy (non-hydrogen) atoms. The SMILES string of the molecule is CC1(C)[C@H]2CC[C@@H](CS(=O)(=O)NCCO)[C@@H]1C2. The van der Waals surface area contributed by atoms with Gasteiger partial charge in [0.25, 0.3) is 0 Å². The number of aliphatic hydroxyl groups is 1. The Kier molecular flexibility index (Phi) is 3.54. The summed E-state index contributed by atoms with van der Waals surface area (Å²) in [6, 6.07) is 0. The number of rotatable bonds is 5. The number of aliphatic hydroxyl groups excluding tert-OH is 1. The first-order chi connectivity index (χ1) is 7.87. The zero-order chi connectivity index (χ0) is 12.7. The first-order valence-electron chi connectivity index (χ1n) is 6.45. The summed E-state index contributed by atoms with van der Waals surface area (Å²) in [6.45, 7) is 4.53. The van der Waals surface area contributed by atoms with E-state index in [1.54, 1.807) is 0 Å². The van der Waals surface area contributed by atoms with Crippen molar-refractivity contribution in [2.24, 2.45) is 23.2 Å². The van der Waals surface area contributed by atoms with Crippen molar-refractivity contribution in [1.29, 1.82) is 0 Å². The second kappa shape index (κ2) is 4.52. The van der Waals surface area contributed by atoms with Crippen molar-refractivity contribution >= 4 is 10.0 Å². The molecule has 3 saturated carbocycles. The Morgan fingerprint density at radius 1 is 1.35 bits per heavy atom. The molecule has 0 unspecified atom stereocenters. The topological polar surface area (TPSA) is 66.4 Å². The van der Waals surface area contributed by atoms with Crippen molar-refractivity contribution < 1.29 is 13.5 Å². The molecule has 3 fully saturated rings. The van der Waals surface area contributed by atoms with Crippen LogP contribution in [0.3, 0.4) is 0 Å². The molecular weight excluding hydrogens is 238 g/mol. The lowest BCUT2D eigenvalue weighted by Gasteiger charge is -2.60. The van der Waals surface area contributed by atoms with Crippen LogP contribution in [-0.2, 0) is 10.0 Å². The van der Waals surface area contributed by atoms with Crippen molar-refractivity contribution in [3.63, 3.8) is 0 Å². The molecule has 0 saturated heterocycles. The third-order valence-corrected chi connectivity index (χ3v) is 6.38. The Labute approximate surface area is 104 Å². The van der Waals surface area contributed by atoms with Gasteiger partial charge >= 0.3 is 0 Å². The number of fused-ring (bicyclic) bond motifs is 2. The van der Waals surface area contributed by atoms with E-state index in [2.05, 4.69) is 18.6 Å². The van der Waals surface area contributed by atoms with Crippen molar-refractivity contribution in [2.75, 3.05) is 18.9 Å². The third kappa shape index (κ3) is 2.51. The van der Waals surface area contributed by atoms with Gasteiger partial charge in [0.05, 0.1) is 12.4 Å². The van der Waals surface area contributed by atoms with E-state index in [1.807, 2.05) is 0 Å². The smallest absolute Gasteiger partial charge is 0.211 e. The fourth-order valence-electron chi connectivity index (χ4n) is 3.70. The summed E-state index contributed by atoms with van der Waals surface area (Å²) in [4.78, 5) is 0. The predicted molar refractivity (Wildman–Crippen MR) is 67.0 cm³/mol. The molecule has 2 bridgehead atoms. The van der Waals surface area contributed by atoms with Gasteiger partial charge in [0.15, 0.2) is 0 Å². The molecule has 3 aliphatic rings. The van der Waals surface area contributed by atoms with Gasteiger partial charge in [-0.15, -0.1) is 0 Å². The number of hydrogen-bond donors (Lipinski definition) is 2. The first-order valence-corrected chi connectivity index (χ1v) is 8.10. The van der Waals surface area contributed by atoms with Crippen molar-refractivity contribution in [3.05, 3.63) is 0 Å². The molecule has 3 rings (SSSR count). The van der Waals surface area contributed by atoms with Crippen molar-refractivity contribution in [3.8, 4) is 0 Å². The number of nitrogens with one attached hydrogen (secondary N) is 1. The molecule has 3 aliphatic carbocycles. The van der Waals surface area contributed by atoms with E-state index in [0.29, 0.717) is 17.3 Å². The largest absolute Gasteiger partial charge is 0.395 e. The minimum Gasteiger partial charge on any atom is -0.395 e. The molecular formula is C12H23NO3S. The molecule has 0 spiro atoms. The lowest BCUT2D eigenvalue weighted by Crippen LogP contribution is -2.54. The van der Waals surface area contributed by atoms with Gasteiger partial charge in [-0.3, -0.25) is 0 Å². The maximum absolute atomic E-state index is 11.8. The highest BCUT2D eigenvalue weighted by atomic mass is 32.2. The Morgan fingerprint density at radius 3 is 2.59 bits per heavy atom. The molecule has 0 amide bonds. The number of sulfonamides is 1. The lowest BCUT2D eigenvalue weighted by molar-refractivity contribution is -0.0978. The summed E-state index contributed by atoms with van der Waals surface area (Å²) < 4.78 is 26.1. The van der Waals surface area contributed by atoms with Crippen LogP contribution in [0.1, 0.15) is 33.1 Å². The van der Waals surface area contributed by atoms with E-state index < -0.39 is 10.0 Å². The molecule has 0 aliphatic heterocycles. The van der Waals surface area contributed by atoms with Gasteiger partial charge in [-0.1, -0.05) is 13.8 Å². The van der Waals surface area contributed by atoms with Gasteiger partial charge in [0.2, 0.25) is 10.0 Å².